The zero-order valence-corrected chi connectivity index (χ0v) is 12.8. The van der Waals surface area contributed by atoms with Gasteiger partial charge >= 0.3 is 5.97 Å². The number of nitrogens with one attached hydrogen (secondary N) is 1. The molecule has 0 fully saturated rings. The van der Waals surface area contributed by atoms with Gasteiger partial charge in [0.25, 0.3) is 5.69 Å². The first-order chi connectivity index (χ1) is 11.5. The van der Waals surface area contributed by atoms with Crippen molar-refractivity contribution in [2.45, 2.75) is 0 Å². The number of para-hydroxylation sites is 1. The lowest BCUT2D eigenvalue weighted by molar-refractivity contribution is -0.385. The van der Waals surface area contributed by atoms with Crippen LogP contribution in [0.15, 0.2) is 54.6 Å². The largest absolute Gasteiger partial charge is 0.465 e. The van der Waals surface area contributed by atoms with Crippen LogP contribution in [-0.4, -0.2) is 23.9 Å². The molecule has 0 atom stereocenters. The summed E-state index contributed by atoms with van der Waals surface area (Å²) < 4.78 is 4.58. The summed E-state index contributed by atoms with van der Waals surface area (Å²) in [5, 5.41) is 13.5. The number of nitrogens with zero attached hydrogens (tertiary/aromatic N) is 1. The Hall–Kier alpha value is -3.48. The summed E-state index contributed by atoms with van der Waals surface area (Å²) in [4.78, 5) is 33.6. The van der Waals surface area contributed by atoms with Crippen molar-refractivity contribution in [3.05, 3.63) is 75.8 Å². The summed E-state index contributed by atoms with van der Waals surface area (Å²) in [5.41, 5.74) is 1.11. The van der Waals surface area contributed by atoms with Crippen LogP contribution in [0.25, 0.3) is 6.08 Å². The molecule has 0 radical (unpaired) electrons. The van der Waals surface area contributed by atoms with Crippen molar-refractivity contribution in [2.75, 3.05) is 12.4 Å². The molecule has 7 nitrogen and oxygen atoms in total. The van der Waals surface area contributed by atoms with E-state index in [0.717, 1.165) is 0 Å². The van der Waals surface area contributed by atoms with Gasteiger partial charge < -0.3 is 10.1 Å². The van der Waals surface area contributed by atoms with Crippen LogP contribution in [0.2, 0.25) is 0 Å². The number of carbonyl (C=O) groups is 2. The molecule has 2 rings (SSSR count). The number of anilines is 1. The van der Waals surface area contributed by atoms with Gasteiger partial charge in [-0.3, -0.25) is 14.9 Å². The molecular weight excluding hydrogens is 312 g/mol. The standard InChI is InChI=1S/C17H14N2O5/c1-24-17(21)13-6-9-14(10-7-13)18-16(20)11-8-12-4-2-3-5-15(12)19(22)23/h2-11H,1H3,(H,18,20)/b11-8+. The normalized spacial score (nSPS) is 10.4. The fraction of sp³-hybridized carbons (Fsp3) is 0.0588. The Bertz CT molecular complexity index is 797. The monoisotopic (exact) mass is 326 g/mol. The van der Waals surface area contributed by atoms with Crippen molar-refractivity contribution in [3.63, 3.8) is 0 Å². The van der Waals surface area contributed by atoms with E-state index in [4.69, 9.17) is 0 Å². The van der Waals surface area contributed by atoms with Gasteiger partial charge in [-0.15, -0.1) is 0 Å². The Morgan fingerprint density at radius 1 is 1.12 bits per heavy atom. The maximum Gasteiger partial charge on any atom is 0.337 e. The second kappa shape index (κ2) is 7.68. The fourth-order valence-electron chi connectivity index (χ4n) is 1.95. The predicted molar refractivity (Wildman–Crippen MR) is 88.5 cm³/mol. The van der Waals surface area contributed by atoms with Gasteiger partial charge in [-0.05, 0) is 36.4 Å². The second-order valence-electron chi connectivity index (χ2n) is 4.71. The quantitative estimate of drug-likeness (QED) is 0.394. The molecule has 0 aliphatic carbocycles. The number of amides is 1. The molecule has 24 heavy (non-hydrogen) atoms. The third-order valence-electron chi connectivity index (χ3n) is 3.12. The summed E-state index contributed by atoms with van der Waals surface area (Å²) in [6.45, 7) is 0. The lowest BCUT2D eigenvalue weighted by atomic mass is 10.1. The predicted octanol–water partition coefficient (Wildman–Crippen LogP) is 3.03. The van der Waals surface area contributed by atoms with Crippen molar-refractivity contribution in [2.24, 2.45) is 0 Å². The Kier molecular flexibility index (Phi) is 5.40. The van der Waals surface area contributed by atoms with Crippen LogP contribution in [0.1, 0.15) is 15.9 Å². The minimum absolute atomic E-state index is 0.0796. The van der Waals surface area contributed by atoms with Crippen LogP contribution in [-0.2, 0) is 9.53 Å². The number of esters is 1. The van der Waals surface area contributed by atoms with Crippen LogP contribution >= 0.6 is 0 Å². The van der Waals surface area contributed by atoms with E-state index in [2.05, 4.69) is 10.1 Å². The van der Waals surface area contributed by atoms with E-state index in [1.54, 1.807) is 30.3 Å². The van der Waals surface area contributed by atoms with Gasteiger partial charge in [-0.2, -0.15) is 0 Å². The van der Waals surface area contributed by atoms with Crippen LogP contribution in [0.3, 0.4) is 0 Å². The molecule has 7 heteroatoms. The van der Waals surface area contributed by atoms with Gasteiger partial charge in [0.2, 0.25) is 5.91 Å². The number of methoxy groups -OCH3 is 1. The van der Waals surface area contributed by atoms with Gasteiger partial charge in [0.05, 0.1) is 23.2 Å². The molecule has 1 amide bonds. The SMILES string of the molecule is COC(=O)c1ccc(NC(=O)/C=C/c2ccccc2[N+](=O)[O-])cc1. The maximum absolute atomic E-state index is 11.9. The van der Waals surface area contributed by atoms with E-state index in [0.29, 0.717) is 16.8 Å². The topological polar surface area (TPSA) is 98.5 Å². The molecule has 0 saturated carbocycles. The molecule has 0 unspecified atom stereocenters. The number of nitro benzene ring substituents is 1. The number of rotatable bonds is 5. The number of nitro groups is 1. The van der Waals surface area contributed by atoms with Crippen LogP contribution < -0.4 is 5.32 Å². The summed E-state index contributed by atoms with van der Waals surface area (Å²) in [6.07, 6.45) is 2.58. The van der Waals surface area contributed by atoms with Crippen LogP contribution in [0.4, 0.5) is 11.4 Å². The lowest BCUT2D eigenvalue weighted by Crippen LogP contribution is -2.08. The molecule has 0 aliphatic heterocycles. The highest BCUT2D eigenvalue weighted by Crippen LogP contribution is 2.19. The first-order valence-electron chi connectivity index (χ1n) is 6.92. The summed E-state index contributed by atoms with van der Waals surface area (Å²) in [6, 6.07) is 12.3. The molecule has 0 aliphatic rings. The summed E-state index contributed by atoms with van der Waals surface area (Å²) in [5.74, 6) is -0.914. The molecule has 1 N–H and O–H groups in total. The Morgan fingerprint density at radius 2 is 1.79 bits per heavy atom. The van der Waals surface area contributed by atoms with Gasteiger partial charge in [-0.25, -0.2) is 4.79 Å². The number of carbonyl (C=O) groups excluding carboxylic acids is 2. The van der Waals surface area contributed by atoms with Crippen molar-refractivity contribution < 1.29 is 19.2 Å². The third-order valence-corrected chi connectivity index (χ3v) is 3.12. The highest BCUT2D eigenvalue weighted by Gasteiger charge is 2.10. The van der Waals surface area contributed by atoms with Crippen molar-refractivity contribution in [3.8, 4) is 0 Å². The van der Waals surface area contributed by atoms with Crippen molar-refractivity contribution in [1.82, 2.24) is 0 Å². The highest BCUT2D eigenvalue weighted by atomic mass is 16.6. The first kappa shape index (κ1) is 16.9. The van der Waals surface area contributed by atoms with Crippen LogP contribution in [0.5, 0.6) is 0 Å². The minimum Gasteiger partial charge on any atom is -0.465 e. The molecule has 2 aromatic carbocycles. The molecular formula is C17H14N2O5. The molecule has 0 saturated heterocycles. The molecule has 0 bridgehead atoms. The van der Waals surface area contributed by atoms with E-state index < -0.39 is 16.8 Å². The third kappa shape index (κ3) is 4.26. The number of benzene rings is 2. The van der Waals surface area contributed by atoms with E-state index in [1.165, 1.54) is 37.5 Å². The Labute approximate surface area is 137 Å². The van der Waals surface area contributed by atoms with E-state index in [-0.39, 0.29) is 5.69 Å². The molecule has 0 aromatic heterocycles. The van der Waals surface area contributed by atoms with Gasteiger partial charge in [0, 0.05) is 17.8 Å². The van der Waals surface area contributed by atoms with Gasteiger partial charge in [-0.1, -0.05) is 12.1 Å². The highest BCUT2D eigenvalue weighted by molar-refractivity contribution is 6.02. The zero-order chi connectivity index (χ0) is 17.5. The van der Waals surface area contributed by atoms with Crippen molar-refractivity contribution in [1.29, 1.82) is 0 Å². The molecule has 0 spiro atoms. The van der Waals surface area contributed by atoms with Crippen molar-refractivity contribution >= 4 is 29.3 Å². The second-order valence-corrected chi connectivity index (χ2v) is 4.71. The Balaban J connectivity index is 2.06. The molecule has 122 valence electrons. The number of hydrogen-bond acceptors (Lipinski definition) is 5. The van der Waals surface area contributed by atoms with Gasteiger partial charge in [0.1, 0.15) is 0 Å². The maximum atomic E-state index is 11.9. The summed E-state index contributed by atoms with van der Waals surface area (Å²) >= 11 is 0. The van der Waals surface area contributed by atoms with E-state index in [9.17, 15) is 19.7 Å². The van der Waals surface area contributed by atoms with E-state index in [1.807, 2.05) is 0 Å². The fourth-order valence-corrected chi connectivity index (χ4v) is 1.95. The lowest BCUT2D eigenvalue weighted by Gasteiger charge is -2.03. The average molecular weight is 326 g/mol. The molecule has 0 heterocycles. The minimum atomic E-state index is -0.511. The first-order valence-corrected chi connectivity index (χ1v) is 6.92. The zero-order valence-electron chi connectivity index (χ0n) is 12.8. The average Bonchev–Trinajstić information content (AvgIpc) is 2.60. The van der Waals surface area contributed by atoms with Crippen LogP contribution in [0, 0.1) is 10.1 Å². The van der Waals surface area contributed by atoms with E-state index >= 15 is 0 Å². The molecule has 2 aromatic rings. The Morgan fingerprint density at radius 3 is 2.42 bits per heavy atom. The smallest absolute Gasteiger partial charge is 0.337 e. The summed E-state index contributed by atoms with van der Waals surface area (Å²) in [7, 11) is 1.28. The van der Waals surface area contributed by atoms with Gasteiger partial charge in [0.15, 0.2) is 0 Å². The number of hydrogen-bond donors (Lipinski definition) is 1. The number of ether oxygens (including phenoxy) is 1.